The van der Waals surface area contributed by atoms with E-state index in [0.717, 1.165) is 24.2 Å². The van der Waals surface area contributed by atoms with Gasteiger partial charge in [-0.25, -0.2) is 0 Å². The molecule has 3 aromatic rings. The normalized spacial score (nSPS) is 12.5. The molecular formula is C16H18ClN5O. The molecule has 7 heteroatoms. The van der Waals surface area contributed by atoms with E-state index in [1.54, 1.807) is 6.07 Å². The molecule has 0 saturated heterocycles. The number of nitrogens with zero attached hydrogens (tertiary/aromatic N) is 4. The van der Waals surface area contributed by atoms with Gasteiger partial charge in [-0.2, -0.15) is 5.10 Å². The first-order valence-corrected chi connectivity index (χ1v) is 7.81. The summed E-state index contributed by atoms with van der Waals surface area (Å²) in [6, 6.07) is 7.32. The molecule has 1 aromatic carbocycles. The lowest BCUT2D eigenvalue weighted by Gasteiger charge is -2.09. The Kier molecular flexibility index (Phi) is 4.73. The molecule has 0 saturated carbocycles. The van der Waals surface area contributed by atoms with Crippen molar-refractivity contribution in [2.45, 2.75) is 26.4 Å². The van der Waals surface area contributed by atoms with E-state index < -0.39 is 0 Å². The van der Waals surface area contributed by atoms with Crippen molar-refractivity contribution in [2.75, 3.05) is 6.54 Å². The van der Waals surface area contributed by atoms with Crippen LogP contribution in [0.4, 0.5) is 0 Å². The molecule has 0 amide bonds. The predicted molar refractivity (Wildman–Crippen MR) is 88.1 cm³/mol. The number of aryl methyl sites for hydroxylation is 1. The van der Waals surface area contributed by atoms with Crippen molar-refractivity contribution in [1.29, 1.82) is 0 Å². The second-order valence-corrected chi connectivity index (χ2v) is 5.85. The first-order chi connectivity index (χ1) is 11.1. The maximum Gasteiger partial charge on any atom is 0.247 e. The fraction of sp³-hybridized carbons (Fsp3) is 0.312. The van der Waals surface area contributed by atoms with E-state index >= 15 is 0 Å². The Balaban J connectivity index is 1.58. The molecule has 0 aliphatic carbocycles. The molecule has 2 aromatic heterocycles. The molecule has 1 N–H and O–H groups in total. The van der Waals surface area contributed by atoms with Crippen molar-refractivity contribution in [3.63, 3.8) is 0 Å². The molecule has 0 aliphatic heterocycles. The Morgan fingerprint density at radius 3 is 2.96 bits per heavy atom. The SMILES string of the molecule is Cc1cnn(CCNC(C)c2nnc(-c3cccc(Cl)c3)o2)c1. The zero-order valence-electron chi connectivity index (χ0n) is 13.0. The van der Waals surface area contributed by atoms with Gasteiger partial charge in [-0.15, -0.1) is 10.2 Å². The van der Waals surface area contributed by atoms with Gasteiger partial charge >= 0.3 is 0 Å². The van der Waals surface area contributed by atoms with E-state index in [4.69, 9.17) is 16.0 Å². The third-order valence-corrected chi connectivity index (χ3v) is 3.67. The zero-order valence-corrected chi connectivity index (χ0v) is 13.8. The Bertz CT molecular complexity index is 782. The Hall–Kier alpha value is -2.18. The van der Waals surface area contributed by atoms with Gasteiger partial charge in [-0.1, -0.05) is 17.7 Å². The first-order valence-electron chi connectivity index (χ1n) is 7.43. The van der Waals surface area contributed by atoms with E-state index in [-0.39, 0.29) is 6.04 Å². The highest BCUT2D eigenvalue weighted by molar-refractivity contribution is 6.30. The lowest BCUT2D eigenvalue weighted by Crippen LogP contribution is -2.23. The summed E-state index contributed by atoms with van der Waals surface area (Å²) in [4.78, 5) is 0. The number of nitrogens with one attached hydrogen (secondary N) is 1. The van der Waals surface area contributed by atoms with Crippen molar-refractivity contribution >= 4 is 11.6 Å². The molecule has 3 rings (SSSR count). The molecule has 1 atom stereocenters. The molecule has 120 valence electrons. The fourth-order valence-corrected chi connectivity index (χ4v) is 2.41. The fourth-order valence-electron chi connectivity index (χ4n) is 2.22. The van der Waals surface area contributed by atoms with Gasteiger partial charge < -0.3 is 9.73 Å². The van der Waals surface area contributed by atoms with E-state index in [2.05, 4.69) is 20.6 Å². The molecule has 6 nitrogen and oxygen atoms in total. The number of rotatable bonds is 6. The largest absolute Gasteiger partial charge is 0.419 e. The van der Waals surface area contributed by atoms with Crippen molar-refractivity contribution in [3.05, 3.63) is 53.1 Å². The molecule has 0 radical (unpaired) electrons. The van der Waals surface area contributed by atoms with Crippen LogP contribution in [0.5, 0.6) is 0 Å². The van der Waals surface area contributed by atoms with Crippen LogP contribution in [-0.2, 0) is 6.54 Å². The van der Waals surface area contributed by atoms with E-state index in [0.29, 0.717) is 16.8 Å². The maximum atomic E-state index is 5.98. The minimum Gasteiger partial charge on any atom is -0.419 e. The lowest BCUT2D eigenvalue weighted by molar-refractivity contribution is 0.411. The molecular weight excluding hydrogens is 314 g/mol. The molecule has 1 unspecified atom stereocenters. The summed E-state index contributed by atoms with van der Waals surface area (Å²) in [6.07, 6.45) is 3.86. The molecule has 0 aliphatic rings. The Labute approximate surface area is 139 Å². The minimum absolute atomic E-state index is 0.0351. The standard InChI is InChI=1S/C16H18ClN5O/c1-11-9-19-22(10-11)7-6-18-12(2)15-20-21-16(23-15)13-4-3-5-14(17)8-13/h3-5,8-10,12,18H,6-7H2,1-2H3. The van der Waals surface area contributed by atoms with Crippen LogP contribution in [0.25, 0.3) is 11.5 Å². The summed E-state index contributed by atoms with van der Waals surface area (Å²) in [5.74, 6) is 1.02. The average Bonchev–Trinajstić information content (AvgIpc) is 3.16. The number of benzene rings is 1. The average molecular weight is 332 g/mol. The summed E-state index contributed by atoms with van der Waals surface area (Å²) < 4.78 is 7.63. The van der Waals surface area contributed by atoms with Crippen LogP contribution in [0.2, 0.25) is 5.02 Å². The number of hydrogen-bond donors (Lipinski definition) is 1. The van der Waals surface area contributed by atoms with Gasteiger partial charge in [0.1, 0.15) is 0 Å². The van der Waals surface area contributed by atoms with Gasteiger partial charge in [0, 0.05) is 23.3 Å². The van der Waals surface area contributed by atoms with Crippen molar-refractivity contribution in [2.24, 2.45) is 0 Å². The molecule has 0 fully saturated rings. The second kappa shape index (κ2) is 6.93. The van der Waals surface area contributed by atoms with Crippen LogP contribution in [0.3, 0.4) is 0 Å². The predicted octanol–water partition coefficient (Wildman–Crippen LogP) is 3.25. The van der Waals surface area contributed by atoms with Crippen molar-refractivity contribution in [3.8, 4) is 11.5 Å². The molecule has 2 heterocycles. The van der Waals surface area contributed by atoms with Crippen molar-refractivity contribution < 1.29 is 4.42 Å². The van der Waals surface area contributed by atoms with Gasteiger partial charge in [0.05, 0.1) is 18.8 Å². The van der Waals surface area contributed by atoms with E-state index in [1.165, 1.54) is 0 Å². The second-order valence-electron chi connectivity index (χ2n) is 5.41. The molecule has 0 spiro atoms. The van der Waals surface area contributed by atoms with Gasteiger partial charge in [-0.05, 0) is 37.6 Å². The smallest absolute Gasteiger partial charge is 0.247 e. The summed E-state index contributed by atoms with van der Waals surface area (Å²) in [6.45, 7) is 5.56. The number of aromatic nitrogens is 4. The van der Waals surface area contributed by atoms with Crippen LogP contribution in [-0.4, -0.2) is 26.5 Å². The Morgan fingerprint density at radius 1 is 1.35 bits per heavy atom. The van der Waals surface area contributed by atoms with Crippen LogP contribution in [0, 0.1) is 6.92 Å². The third-order valence-electron chi connectivity index (χ3n) is 3.44. The van der Waals surface area contributed by atoms with Crippen LogP contribution >= 0.6 is 11.6 Å². The zero-order chi connectivity index (χ0) is 16.2. The van der Waals surface area contributed by atoms with Gasteiger partial charge in [-0.3, -0.25) is 4.68 Å². The lowest BCUT2D eigenvalue weighted by atomic mass is 10.2. The minimum atomic E-state index is -0.0351. The number of halogens is 1. The highest BCUT2D eigenvalue weighted by Crippen LogP contribution is 2.23. The molecule has 23 heavy (non-hydrogen) atoms. The van der Waals surface area contributed by atoms with Crippen LogP contribution < -0.4 is 5.32 Å². The van der Waals surface area contributed by atoms with E-state index in [9.17, 15) is 0 Å². The molecule has 0 bridgehead atoms. The topological polar surface area (TPSA) is 68.8 Å². The maximum absolute atomic E-state index is 5.98. The van der Waals surface area contributed by atoms with E-state index in [1.807, 2.05) is 49.1 Å². The third kappa shape index (κ3) is 3.97. The van der Waals surface area contributed by atoms with Crippen LogP contribution in [0.1, 0.15) is 24.4 Å². The summed E-state index contributed by atoms with van der Waals surface area (Å²) in [7, 11) is 0. The monoisotopic (exact) mass is 331 g/mol. The first kappa shape index (κ1) is 15.7. The number of hydrogen-bond acceptors (Lipinski definition) is 5. The summed E-state index contributed by atoms with van der Waals surface area (Å²) in [5.41, 5.74) is 1.97. The van der Waals surface area contributed by atoms with Gasteiger partial charge in [0.15, 0.2) is 0 Å². The highest BCUT2D eigenvalue weighted by Gasteiger charge is 2.14. The summed E-state index contributed by atoms with van der Waals surface area (Å²) >= 11 is 5.98. The highest BCUT2D eigenvalue weighted by atomic mass is 35.5. The summed E-state index contributed by atoms with van der Waals surface area (Å²) in [5, 5.41) is 16.4. The quantitative estimate of drug-likeness (QED) is 0.751. The Morgan fingerprint density at radius 2 is 2.22 bits per heavy atom. The van der Waals surface area contributed by atoms with Crippen molar-refractivity contribution in [1.82, 2.24) is 25.3 Å². The van der Waals surface area contributed by atoms with Gasteiger partial charge in [0.2, 0.25) is 11.8 Å². The van der Waals surface area contributed by atoms with Crippen LogP contribution in [0.15, 0.2) is 41.1 Å². The van der Waals surface area contributed by atoms with Gasteiger partial charge in [0.25, 0.3) is 0 Å².